The Labute approximate surface area is 117 Å². The van der Waals surface area contributed by atoms with Gasteiger partial charge in [0.2, 0.25) is 0 Å². The van der Waals surface area contributed by atoms with Gasteiger partial charge in [0.15, 0.2) is 18.2 Å². The van der Waals surface area contributed by atoms with Crippen LogP contribution in [0.1, 0.15) is 25.7 Å². The second kappa shape index (κ2) is 5.40. The molecule has 2 atom stereocenters. The van der Waals surface area contributed by atoms with Crippen molar-refractivity contribution in [3.8, 4) is 5.75 Å². The first-order valence-electron chi connectivity index (χ1n) is 7.01. The molecule has 4 nitrogen and oxygen atoms in total. The smallest absolute Gasteiger partial charge is 0.261 e. The van der Waals surface area contributed by atoms with E-state index in [1.54, 1.807) is 12.1 Å². The number of aliphatic hydroxyl groups is 1. The van der Waals surface area contributed by atoms with E-state index in [2.05, 4.69) is 0 Å². The highest BCUT2D eigenvalue weighted by Crippen LogP contribution is 2.35. The van der Waals surface area contributed by atoms with Gasteiger partial charge in [0.1, 0.15) is 0 Å². The molecule has 2 fully saturated rings. The van der Waals surface area contributed by atoms with Crippen molar-refractivity contribution in [3.05, 3.63) is 30.1 Å². The summed E-state index contributed by atoms with van der Waals surface area (Å²) in [5, 5.41) is 9.72. The molecule has 0 aliphatic carbocycles. The third-order valence-corrected chi connectivity index (χ3v) is 4.18. The normalized spacial score (nSPS) is 28.5. The van der Waals surface area contributed by atoms with E-state index >= 15 is 0 Å². The number of rotatable bonds is 3. The Kier molecular flexibility index (Phi) is 3.61. The molecule has 1 aromatic rings. The fourth-order valence-electron chi connectivity index (χ4n) is 3.33. The van der Waals surface area contributed by atoms with Crippen molar-refractivity contribution in [2.75, 3.05) is 6.61 Å². The molecule has 20 heavy (non-hydrogen) atoms. The van der Waals surface area contributed by atoms with E-state index in [1.165, 1.54) is 12.1 Å². The molecule has 2 bridgehead atoms. The van der Waals surface area contributed by atoms with Gasteiger partial charge < -0.3 is 14.7 Å². The summed E-state index contributed by atoms with van der Waals surface area (Å²) in [6, 6.07) is 6.29. The third kappa shape index (κ3) is 2.50. The zero-order valence-corrected chi connectivity index (χ0v) is 11.2. The first kappa shape index (κ1) is 13.4. The Bertz CT molecular complexity index is 494. The summed E-state index contributed by atoms with van der Waals surface area (Å²) in [5.74, 6) is -0.477. The van der Waals surface area contributed by atoms with Crippen LogP contribution in [0.4, 0.5) is 4.39 Å². The highest BCUT2D eigenvalue weighted by atomic mass is 19.1. The number of carbonyl (C=O) groups is 1. The van der Waals surface area contributed by atoms with Crippen LogP contribution in [0.3, 0.4) is 0 Å². The van der Waals surface area contributed by atoms with Crippen LogP contribution >= 0.6 is 0 Å². The quantitative estimate of drug-likeness (QED) is 0.916. The minimum Gasteiger partial charge on any atom is -0.481 e. The Balaban J connectivity index is 1.62. The summed E-state index contributed by atoms with van der Waals surface area (Å²) in [4.78, 5) is 14.1. The molecule has 2 aliphatic heterocycles. The van der Waals surface area contributed by atoms with Crippen LogP contribution in [-0.4, -0.2) is 40.7 Å². The number of para-hydroxylation sites is 1. The molecule has 0 aromatic heterocycles. The van der Waals surface area contributed by atoms with Crippen molar-refractivity contribution in [2.24, 2.45) is 0 Å². The molecule has 2 aliphatic rings. The van der Waals surface area contributed by atoms with Crippen molar-refractivity contribution in [3.63, 3.8) is 0 Å². The van der Waals surface area contributed by atoms with Gasteiger partial charge in [-0.15, -0.1) is 0 Å². The summed E-state index contributed by atoms with van der Waals surface area (Å²) in [7, 11) is 0. The zero-order valence-electron chi connectivity index (χ0n) is 11.2. The monoisotopic (exact) mass is 279 g/mol. The lowest BCUT2D eigenvalue weighted by molar-refractivity contribution is -0.139. The van der Waals surface area contributed by atoms with Crippen LogP contribution in [0.2, 0.25) is 0 Å². The number of carbonyl (C=O) groups excluding carboxylic acids is 1. The van der Waals surface area contributed by atoms with Gasteiger partial charge in [-0.25, -0.2) is 4.39 Å². The Morgan fingerprint density at radius 3 is 2.60 bits per heavy atom. The lowest BCUT2D eigenvalue weighted by Gasteiger charge is -2.37. The highest BCUT2D eigenvalue weighted by molar-refractivity contribution is 5.79. The molecular formula is C15H18FNO3. The minimum atomic E-state index is -0.461. The van der Waals surface area contributed by atoms with Crippen molar-refractivity contribution >= 4 is 5.91 Å². The van der Waals surface area contributed by atoms with Gasteiger partial charge in [-0.3, -0.25) is 4.79 Å². The van der Waals surface area contributed by atoms with Crippen LogP contribution in [0.5, 0.6) is 5.75 Å². The van der Waals surface area contributed by atoms with Crippen molar-refractivity contribution in [1.29, 1.82) is 0 Å². The molecule has 2 heterocycles. The van der Waals surface area contributed by atoms with Gasteiger partial charge in [0.25, 0.3) is 5.91 Å². The zero-order chi connectivity index (χ0) is 14.1. The first-order chi connectivity index (χ1) is 9.65. The standard InChI is InChI=1S/C15H18FNO3/c16-13-3-1-2-4-14(13)20-9-15(19)17-10-5-6-11(17)8-12(18)7-10/h1-4,10-12,18H,5-9H2. The van der Waals surface area contributed by atoms with E-state index in [4.69, 9.17) is 4.74 Å². The van der Waals surface area contributed by atoms with Gasteiger partial charge in [0, 0.05) is 12.1 Å². The molecule has 0 saturated carbocycles. The predicted molar refractivity (Wildman–Crippen MR) is 70.8 cm³/mol. The van der Waals surface area contributed by atoms with Crippen LogP contribution in [0.25, 0.3) is 0 Å². The molecule has 0 spiro atoms. The lowest BCUT2D eigenvalue weighted by atomic mass is 10.00. The maximum atomic E-state index is 13.4. The van der Waals surface area contributed by atoms with Crippen molar-refractivity contribution < 1.29 is 19.0 Å². The summed E-state index contributed by atoms with van der Waals surface area (Å²) >= 11 is 0. The number of benzene rings is 1. The van der Waals surface area contributed by atoms with E-state index < -0.39 is 5.82 Å². The second-order valence-corrected chi connectivity index (χ2v) is 5.53. The van der Waals surface area contributed by atoms with Gasteiger partial charge in [-0.2, -0.15) is 0 Å². The molecular weight excluding hydrogens is 261 g/mol. The molecule has 108 valence electrons. The summed E-state index contributed by atoms with van der Waals surface area (Å²) < 4.78 is 18.7. The number of piperidine rings is 1. The highest BCUT2D eigenvalue weighted by Gasteiger charge is 2.42. The lowest BCUT2D eigenvalue weighted by Crippen LogP contribution is -2.49. The molecule has 2 saturated heterocycles. The van der Waals surface area contributed by atoms with E-state index in [1.807, 2.05) is 4.90 Å². The van der Waals surface area contributed by atoms with Crippen molar-refractivity contribution in [2.45, 2.75) is 43.9 Å². The Morgan fingerprint density at radius 1 is 1.30 bits per heavy atom. The SMILES string of the molecule is O=C(COc1ccccc1F)N1C2CCC1CC(O)C2. The molecule has 3 rings (SSSR count). The molecule has 5 heteroatoms. The Hall–Kier alpha value is -1.62. The number of nitrogens with zero attached hydrogens (tertiary/aromatic N) is 1. The first-order valence-corrected chi connectivity index (χ1v) is 7.01. The average molecular weight is 279 g/mol. The number of aliphatic hydroxyl groups excluding tert-OH is 1. The van der Waals surface area contributed by atoms with Gasteiger partial charge in [-0.05, 0) is 37.8 Å². The van der Waals surface area contributed by atoms with Crippen LogP contribution in [0, 0.1) is 5.82 Å². The summed E-state index contributed by atoms with van der Waals surface area (Å²) in [5.41, 5.74) is 0. The maximum Gasteiger partial charge on any atom is 0.261 e. The van der Waals surface area contributed by atoms with E-state index in [-0.39, 0.29) is 36.5 Å². The number of ether oxygens (including phenoxy) is 1. The van der Waals surface area contributed by atoms with Gasteiger partial charge >= 0.3 is 0 Å². The second-order valence-electron chi connectivity index (χ2n) is 5.53. The Morgan fingerprint density at radius 2 is 1.95 bits per heavy atom. The van der Waals surface area contributed by atoms with Gasteiger partial charge in [0.05, 0.1) is 6.10 Å². The molecule has 1 N–H and O–H groups in total. The van der Waals surface area contributed by atoms with Crippen LogP contribution in [-0.2, 0) is 4.79 Å². The largest absolute Gasteiger partial charge is 0.481 e. The number of hydrogen-bond acceptors (Lipinski definition) is 3. The fourth-order valence-corrected chi connectivity index (χ4v) is 3.33. The molecule has 1 aromatic carbocycles. The fraction of sp³-hybridized carbons (Fsp3) is 0.533. The number of halogens is 1. The molecule has 1 amide bonds. The van der Waals surface area contributed by atoms with E-state index in [0.717, 1.165) is 12.8 Å². The van der Waals surface area contributed by atoms with Crippen LogP contribution < -0.4 is 4.74 Å². The predicted octanol–water partition coefficient (Wildman–Crippen LogP) is 1.72. The van der Waals surface area contributed by atoms with E-state index in [9.17, 15) is 14.3 Å². The number of fused-ring (bicyclic) bond motifs is 2. The third-order valence-electron chi connectivity index (χ3n) is 4.18. The minimum absolute atomic E-state index is 0.102. The summed E-state index contributed by atoms with van der Waals surface area (Å²) in [6.45, 7) is -0.149. The maximum absolute atomic E-state index is 13.4. The van der Waals surface area contributed by atoms with E-state index in [0.29, 0.717) is 12.8 Å². The summed E-state index contributed by atoms with van der Waals surface area (Å²) in [6.07, 6.45) is 2.86. The van der Waals surface area contributed by atoms with Gasteiger partial charge in [-0.1, -0.05) is 12.1 Å². The van der Waals surface area contributed by atoms with Crippen LogP contribution in [0.15, 0.2) is 24.3 Å². The molecule has 2 unspecified atom stereocenters. The number of hydrogen-bond donors (Lipinski definition) is 1. The number of amides is 1. The topological polar surface area (TPSA) is 49.8 Å². The van der Waals surface area contributed by atoms with Crippen molar-refractivity contribution in [1.82, 2.24) is 4.90 Å². The average Bonchev–Trinajstić information content (AvgIpc) is 2.70. The molecule has 0 radical (unpaired) electrons.